The summed E-state index contributed by atoms with van der Waals surface area (Å²) in [6.07, 6.45) is 12.9. The monoisotopic (exact) mass is 691 g/mol. The third kappa shape index (κ3) is 25.5. The van der Waals surface area contributed by atoms with E-state index in [1.54, 1.807) is 0 Å². The average Bonchev–Trinajstić information content (AvgIpc) is 3.03. The van der Waals surface area contributed by atoms with E-state index in [0.29, 0.717) is 0 Å². The molecule has 6 rings (SSSR count). The van der Waals surface area contributed by atoms with E-state index >= 15 is 0 Å². The van der Waals surface area contributed by atoms with Crippen LogP contribution in [0.15, 0.2) is 110 Å². The van der Waals surface area contributed by atoms with Crippen LogP contribution in [0.2, 0.25) is 0 Å². The Labute approximate surface area is 312 Å². The van der Waals surface area contributed by atoms with Crippen molar-refractivity contribution in [2.24, 2.45) is 0 Å². The van der Waals surface area contributed by atoms with Crippen LogP contribution >= 0.6 is 0 Å². The van der Waals surface area contributed by atoms with Crippen molar-refractivity contribution in [2.75, 3.05) is 0 Å². The van der Waals surface area contributed by atoms with Crippen molar-refractivity contribution < 1.29 is 0 Å². The Morgan fingerprint density at radius 1 is 0.353 bits per heavy atom. The average molecular weight is 691 g/mol. The lowest BCUT2D eigenvalue weighted by molar-refractivity contribution is 1.12. The molecule has 0 amide bonds. The minimum Gasteiger partial charge on any atom is -0.264 e. The van der Waals surface area contributed by atoms with E-state index in [0.717, 1.165) is 28.5 Å². The summed E-state index contributed by atoms with van der Waals surface area (Å²) < 4.78 is 0. The fourth-order valence-electron chi connectivity index (χ4n) is 3.72. The summed E-state index contributed by atoms with van der Waals surface area (Å²) in [5.41, 5.74) is 14.2. The highest BCUT2D eigenvalue weighted by Gasteiger charge is 1.87. The van der Waals surface area contributed by atoms with Gasteiger partial charge in [-0.05, 0) is 164 Å². The fourth-order valence-corrected chi connectivity index (χ4v) is 3.72. The molecule has 6 aromatic heterocycles. The summed E-state index contributed by atoms with van der Waals surface area (Å²) in [5, 5.41) is 0. The summed E-state index contributed by atoms with van der Waals surface area (Å²) in [4.78, 5) is 24.3. The van der Waals surface area contributed by atoms with Crippen LogP contribution in [0.5, 0.6) is 0 Å². The van der Waals surface area contributed by atoms with Crippen molar-refractivity contribution in [1.29, 1.82) is 0 Å². The zero-order chi connectivity index (χ0) is 35.9. The van der Waals surface area contributed by atoms with Crippen LogP contribution in [0.25, 0.3) is 0 Å². The van der Waals surface area contributed by atoms with Gasteiger partial charge < -0.3 is 0 Å². The van der Waals surface area contributed by atoms with Gasteiger partial charge in [0.2, 0.25) is 0 Å². The van der Waals surface area contributed by atoms with Crippen molar-refractivity contribution >= 4 is 0 Å². The molecule has 6 heteroatoms. The van der Waals surface area contributed by atoms with Crippen molar-refractivity contribution in [3.05, 3.63) is 178 Å². The topological polar surface area (TPSA) is 77.3 Å². The zero-order valence-corrected chi connectivity index (χ0v) is 31.1. The number of pyridine rings is 6. The first kappa shape index (κ1) is 50.3. The number of aryl methyl sites for hydroxylation is 12. The molecule has 0 fully saturated rings. The molecule has 0 unspecified atom stereocenters. The Hall–Kier alpha value is -5.10. The van der Waals surface area contributed by atoms with Gasteiger partial charge in [-0.25, -0.2) is 0 Å². The Balaban J connectivity index is -0.000000536. The molecule has 6 nitrogen and oxygen atoms in total. The summed E-state index contributed by atoms with van der Waals surface area (Å²) in [5.74, 6) is 0. The van der Waals surface area contributed by atoms with Crippen LogP contribution in [0, 0.1) is 83.1 Å². The van der Waals surface area contributed by atoms with Crippen molar-refractivity contribution in [3.63, 3.8) is 0 Å². The highest BCUT2D eigenvalue weighted by Crippen LogP contribution is 2.01. The normalized spacial score (nSPS) is 8.71. The van der Waals surface area contributed by atoms with Crippen molar-refractivity contribution in [1.82, 2.24) is 29.9 Å². The second-order valence-electron chi connectivity index (χ2n) is 11.8. The van der Waals surface area contributed by atoms with E-state index in [4.69, 9.17) is 0 Å². The first-order chi connectivity index (χ1) is 22.8. The van der Waals surface area contributed by atoms with Gasteiger partial charge in [-0.2, -0.15) is 0 Å². The number of hydrogen-bond acceptors (Lipinski definition) is 6. The number of rotatable bonds is 0. The van der Waals surface area contributed by atoms with E-state index in [-0.39, 0.29) is 22.3 Å². The Kier molecular flexibility index (Phi) is 28.3. The predicted molar refractivity (Wildman–Crippen MR) is 222 cm³/mol. The zero-order valence-electron chi connectivity index (χ0n) is 31.1. The first-order valence-electron chi connectivity index (χ1n) is 16.1. The lowest BCUT2D eigenvalue weighted by Gasteiger charge is -1.92. The molecule has 0 N–H and O–H groups in total. The first-order valence-corrected chi connectivity index (χ1v) is 16.1. The van der Waals surface area contributed by atoms with Gasteiger partial charge in [0, 0.05) is 71.8 Å². The van der Waals surface area contributed by atoms with Gasteiger partial charge in [-0.3, -0.25) is 29.9 Å². The Morgan fingerprint density at radius 3 is 1.29 bits per heavy atom. The van der Waals surface area contributed by atoms with Gasteiger partial charge in [0.1, 0.15) is 0 Å². The predicted octanol–water partition coefficient (Wildman–Crippen LogP) is 12.1. The van der Waals surface area contributed by atoms with Crippen molar-refractivity contribution in [3.8, 4) is 0 Å². The fraction of sp³-hybridized carbons (Fsp3) is 0.333. The van der Waals surface area contributed by atoms with Gasteiger partial charge >= 0.3 is 0 Å². The van der Waals surface area contributed by atoms with Gasteiger partial charge in [0.25, 0.3) is 0 Å². The molecule has 0 aliphatic carbocycles. The smallest absolute Gasteiger partial charge is 0.0401 e. The molecular formula is C45H66N6. The summed E-state index contributed by atoms with van der Waals surface area (Å²) >= 11 is 0. The molecule has 0 aliphatic rings. The van der Waals surface area contributed by atoms with E-state index in [2.05, 4.69) is 81.9 Å². The Bertz CT molecular complexity index is 1490. The molecule has 276 valence electrons. The molecule has 51 heavy (non-hydrogen) atoms. The van der Waals surface area contributed by atoms with E-state index < -0.39 is 0 Å². The van der Waals surface area contributed by atoms with Gasteiger partial charge in [-0.15, -0.1) is 0 Å². The highest BCUT2D eigenvalue weighted by molar-refractivity contribution is 5.19. The SMILES string of the molecule is C.C.C.Cc1ccc(C)nc1.Cc1cccc(C)n1.Cc1cccnc1C.Cc1ccnc(C)c1.Cc1ccncc1C.Cc1cncc(C)c1. The molecule has 0 saturated carbocycles. The minimum absolute atomic E-state index is 0. The van der Waals surface area contributed by atoms with E-state index in [1.165, 1.54) is 38.9 Å². The molecule has 0 aromatic carbocycles. The number of hydrogen-bond donors (Lipinski definition) is 0. The van der Waals surface area contributed by atoms with E-state index in [1.807, 2.05) is 141 Å². The molecular weight excluding hydrogens is 625 g/mol. The maximum absolute atomic E-state index is 4.17. The van der Waals surface area contributed by atoms with Crippen LogP contribution in [0.3, 0.4) is 0 Å². The standard InChI is InChI=1S/6C7H9N.3CH4/c1-6-3-7(2)5-8-4-6;1-6-3-4-8-5-7(6)2;1-6-3-4-8-7(2)5-6;1-6-3-4-7(2)8-5-6;1-6-4-3-5-8-7(6)2;1-6-4-3-5-7(2)8-6;;;/h6*3-5H,1-2H3;3*1H4. The molecule has 0 spiro atoms. The largest absolute Gasteiger partial charge is 0.264 e. The van der Waals surface area contributed by atoms with Gasteiger partial charge in [0.05, 0.1) is 0 Å². The van der Waals surface area contributed by atoms with Gasteiger partial charge in [0.15, 0.2) is 0 Å². The van der Waals surface area contributed by atoms with Crippen LogP contribution in [0.1, 0.15) is 89.7 Å². The quantitative estimate of drug-likeness (QED) is 0.158. The lowest BCUT2D eigenvalue weighted by Crippen LogP contribution is -1.81. The summed E-state index contributed by atoms with van der Waals surface area (Å²) in [6.45, 7) is 24.4. The van der Waals surface area contributed by atoms with Gasteiger partial charge in [-0.1, -0.05) is 46.5 Å². The van der Waals surface area contributed by atoms with Crippen LogP contribution < -0.4 is 0 Å². The number of nitrogens with zero attached hydrogens (tertiary/aromatic N) is 6. The second-order valence-corrected chi connectivity index (χ2v) is 11.8. The number of aromatic nitrogens is 6. The highest BCUT2D eigenvalue weighted by atomic mass is 14.7. The summed E-state index contributed by atoms with van der Waals surface area (Å²) in [7, 11) is 0. The van der Waals surface area contributed by atoms with Crippen LogP contribution in [0.4, 0.5) is 0 Å². The van der Waals surface area contributed by atoms with E-state index in [9.17, 15) is 0 Å². The maximum Gasteiger partial charge on any atom is 0.0401 e. The molecule has 0 radical (unpaired) electrons. The third-order valence-electron chi connectivity index (χ3n) is 6.72. The second kappa shape index (κ2) is 28.7. The molecule has 0 atom stereocenters. The molecule has 0 aliphatic heterocycles. The molecule has 0 saturated heterocycles. The molecule has 6 heterocycles. The van der Waals surface area contributed by atoms with Crippen molar-refractivity contribution in [2.45, 2.75) is 105 Å². The third-order valence-corrected chi connectivity index (χ3v) is 6.72. The Morgan fingerprint density at radius 2 is 0.980 bits per heavy atom. The van der Waals surface area contributed by atoms with Crippen LogP contribution in [-0.2, 0) is 0 Å². The molecule has 0 bridgehead atoms. The molecule has 6 aromatic rings. The maximum atomic E-state index is 4.17. The lowest BCUT2D eigenvalue weighted by atomic mass is 10.2. The van der Waals surface area contributed by atoms with Crippen LogP contribution in [-0.4, -0.2) is 29.9 Å². The summed E-state index contributed by atoms with van der Waals surface area (Å²) in [6, 6.07) is 22.2. The minimum atomic E-state index is 0.